The van der Waals surface area contributed by atoms with Crippen LogP contribution in [0.4, 0.5) is 22.0 Å². The molecule has 12 heteroatoms. The van der Waals surface area contributed by atoms with E-state index in [1.54, 1.807) is 54.5 Å². The third-order valence-electron chi connectivity index (χ3n) is 5.35. The highest BCUT2D eigenvalue weighted by atomic mass is 32.2. The zero-order chi connectivity index (χ0) is 24.2. The second-order valence-electron chi connectivity index (χ2n) is 7.90. The Morgan fingerprint density at radius 3 is 2.53 bits per heavy atom. The summed E-state index contributed by atoms with van der Waals surface area (Å²) in [5.41, 5.74) is 2.18. The number of hydrogen-bond acceptors (Lipinski definition) is 8. The van der Waals surface area contributed by atoms with Crippen LogP contribution < -0.4 is 15.5 Å². The maximum absolute atomic E-state index is 12.2. The second kappa shape index (κ2) is 10.0. The number of ether oxygens (including phenoxy) is 1. The van der Waals surface area contributed by atoms with E-state index in [0.29, 0.717) is 54.0 Å². The van der Waals surface area contributed by atoms with Gasteiger partial charge in [-0.1, -0.05) is 0 Å². The molecule has 1 aliphatic rings. The molecule has 3 aromatic rings. The summed E-state index contributed by atoms with van der Waals surface area (Å²) in [6, 6.07) is 8.39. The number of benzene rings is 1. The van der Waals surface area contributed by atoms with E-state index < -0.39 is 16.3 Å². The molecule has 11 nitrogen and oxygen atoms in total. The molecule has 2 N–H and O–H groups in total. The largest absolute Gasteiger partial charge is 0.377 e. The van der Waals surface area contributed by atoms with Crippen molar-refractivity contribution in [3.8, 4) is 11.4 Å². The summed E-state index contributed by atoms with van der Waals surface area (Å²) in [6.07, 6.45) is 3.24. The van der Waals surface area contributed by atoms with Crippen LogP contribution in [0.3, 0.4) is 0 Å². The van der Waals surface area contributed by atoms with Crippen LogP contribution in [0.15, 0.2) is 42.7 Å². The third kappa shape index (κ3) is 5.41. The van der Waals surface area contributed by atoms with Gasteiger partial charge in [-0.05, 0) is 38.1 Å². The van der Waals surface area contributed by atoms with Crippen molar-refractivity contribution >= 4 is 38.4 Å². The fourth-order valence-corrected chi connectivity index (χ4v) is 3.80. The Morgan fingerprint density at radius 2 is 1.88 bits per heavy atom. The monoisotopic (exact) mass is 483 g/mol. The van der Waals surface area contributed by atoms with Gasteiger partial charge in [0.05, 0.1) is 41.7 Å². The van der Waals surface area contributed by atoms with Crippen molar-refractivity contribution in [2.24, 2.45) is 7.05 Å². The first-order chi connectivity index (χ1) is 16.3. The van der Waals surface area contributed by atoms with Crippen molar-refractivity contribution in [1.82, 2.24) is 19.7 Å². The first kappa shape index (κ1) is 23.4. The van der Waals surface area contributed by atoms with Crippen LogP contribution in [0.5, 0.6) is 0 Å². The standard InChI is InChI=1S/C22H25N7O4S/c1-14-13-33-9-8-29(14)20-10-19(15(2)34(31)32)26-21(27-20)16-4-6-17(7-5-16)24-22(30)25-18-11-23-28(3)12-18/h4-7,10-12,14H,8-9,13H2,1-3H3,(H2,24,25,30)/t14-/m0/s1. The van der Waals surface area contributed by atoms with E-state index in [1.807, 2.05) is 6.92 Å². The van der Waals surface area contributed by atoms with Crippen LogP contribution in [0.25, 0.3) is 11.4 Å². The van der Waals surface area contributed by atoms with Gasteiger partial charge in [0.2, 0.25) is 10.3 Å². The van der Waals surface area contributed by atoms with Crippen LogP contribution in [-0.2, 0) is 22.1 Å². The number of anilines is 3. The fraction of sp³-hybridized carbons (Fsp3) is 0.318. The average Bonchev–Trinajstić information content (AvgIpc) is 3.23. The van der Waals surface area contributed by atoms with Crippen LogP contribution in [0.1, 0.15) is 19.5 Å². The van der Waals surface area contributed by atoms with Gasteiger partial charge in [-0.2, -0.15) is 13.5 Å². The molecule has 0 saturated carbocycles. The highest BCUT2D eigenvalue weighted by molar-refractivity contribution is 7.73. The number of aryl methyl sites for hydroxylation is 1. The number of aromatic nitrogens is 4. The summed E-state index contributed by atoms with van der Waals surface area (Å²) in [4.78, 5) is 23.6. The predicted molar refractivity (Wildman–Crippen MR) is 130 cm³/mol. The molecule has 1 saturated heterocycles. The summed E-state index contributed by atoms with van der Waals surface area (Å²) < 4.78 is 30.3. The molecule has 178 valence electrons. The quantitative estimate of drug-likeness (QED) is 0.417. The van der Waals surface area contributed by atoms with Crippen molar-refractivity contribution in [2.75, 3.05) is 35.3 Å². The highest BCUT2D eigenvalue weighted by Gasteiger charge is 2.22. The molecule has 0 unspecified atom stereocenters. The highest BCUT2D eigenvalue weighted by Crippen LogP contribution is 2.24. The van der Waals surface area contributed by atoms with Gasteiger partial charge in [-0.15, -0.1) is 0 Å². The lowest BCUT2D eigenvalue weighted by Crippen LogP contribution is -2.44. The van der Waals surface area contributed by atoms with E-state index in [4.69, 9.17) is 9.72 Å². The number of nitrogens with zero attached hydrogens (tertiary/aromatic N) is 5. The molecule has 1 atom stereocenters. The lowest BCUT2D eigenvalue weighted by atomic mass is 10.1. The minimum Gasteiger partial charge on any atom is -0.377 e. The van der Waals surface area contributed by atoms with E-state index in [0.717, 1.165) is 0 Å². The zero-order valence-electron chi connectivity index (χ0n) is 19.0. The molecular formula is C22H25N7O4S. The molecule has 3 heterocycles. The Balaban J connectivity index is 1.60. The number of carbonyl (C=O) groups is 1. The van der Waals surface area contributed by atoms with E-state index in [2.05, 4.69) is 25.6 Å². The summed E-state index contributed by atoms with van der Waals surface area (Å²) in [7, 11) is -0.639. The smallest absolute Gasteiger partial charge is 0.323 e. The molecular weight excluding hydrogens is 458 g/mol. The molecule has 0 aliphatic carbocycles. The maximum atomic E-state index is 12.2. The Bertz CT molecular complexity index is 1330. The number of urea groups is 1. The normalized spacial score (nSPS) is 15.6. The number of amides is 2. The van der Waals surface area contributed by atoms with Crippen molar-refractivity contribution in [2.45, 2.75) is 19.9 Å². The Kier molecular flexibility index (Phi) is 6.89. The average molecular weight is 484 g/mol. The van der Waals surface area contributed by atoms with Crippen molar-refractivity contribution in [3.63, 3.8) is 0 Å². The van der Waals surface area contributed by atoms with Crippen LogP contribution in [0, 0.1) is 0 Å². The molecule has 1 aliphatic heterocycles. The summed E-state index contributed by atoms with van der Waals surface area (Å²) in [6.45, 7) is 5.31. The van der Waals surface area contributed by atoms with Gasteiger partial charge >= 0.3 is 6.03 Å². The van der Waals surface area contributed by atoms with Gasteiger partial charge in [0.25, 0.3) is 0 Å². The van der Waals surface area contributed by atoms with E-state index >= 15 is 0 Å². The van der Waals surface area contributed by atoms with E-state index in [9.17, 15) is 13.2 Å². The van der Waals surface area contributed by atoms with Gasteiger partial charge in [-0.3, -0.25) is 4.68 Å². The Morgan fingerprint density at radius 1 is 1.15 bits per heavy atom. The number of hydrogen-bond donors (Lipinski definition) is 2. The summed E-state index contributed by atoms with van der Waals surface area (Å²) in [5.74, 6) is 1.03. The molecule has 2 aromatic heterocycles. The first-order valence-corrected chi connectivity index (χ1v) is 11.7. The molecule has 4 rings (SSSR count). The minimum absolute atomic E-state index is 0.0901. The number of nitrogens with one attached hydrogen (secondary N) is 2. The predicted octanol–water partition coefficient (Wildman–Crippen LogP) is 2.17. The summed E-state index contributed by atoms with van der Waals surface area (Å²) >= 11 is 0. The number of morpholine rings is 1. The zero-order valence-corrected chi connectivity index (χ0v) is 19.8. The van der Waals surface area contributed by atoms with Crippen LogP contribution in [-0.4, -0.2) is 64.9 Å². The van der Waals surface area contributed by atoms with E-state index in [1.165, 1.54) is 6.92 Å². The molecule has 0 radical (unpaired) electrons. The third-order valence-corrected chi connectivity index (χ3v) is 6.06. The van der Waals surface area contributed by atoms with Crippen molar-refractivity contribution in [1.29, 1.82) is 0 Å². The maximum Gasteiger partial charge on any atom is 0.323 e. The van der Waals surface area contributed by atoms with Gasteiger partial charge in [0.1, 0.15) is 5.82 Å². The van der Waals surface area contributed by atoms with Gasteiger partial charge in [0, 0.05) is 37.1 Å². The van der Waals surface area contributed by atoms with Gasteiger partial charge in [-0.25, -0.2) is 14.8 Å². The topological polar surface area (TPSA) is 131 Å². The molecule has 1 aromatic carbocycles. The SMILES string of the molecule is CC(c1cc(N2CCOC[C@@H]2C)nc(-c2ccc(NC(=O)Nc3cnn(C)c3)cc2)n1)=S(=O)=O. The molecule has 2 amide bonds. The van der Waals surface area contributed by atoms with E-state index in [-0.39, 0.29) is 10.9 Å². The van der Waals surface area contributed by atoms with Crippen molar-refractivity contribution < 1.29 is 17.9 Å². The lowest BCUT2D eigenvalue weighted by Gasteiger charge is -2.34. The van der Waals surface area contributed by atoms with Crippen LogP contribution >= 0.6 is 0 Å². The lowest BCUT2D eigenvalue weighted by molar-refractivity contribution is 0.0985. The Labute approximate surface area is 198 Å². The minimum atomic E-state index is -2.40. The van der Waals surface area contributed by atoms with Crippen molar-refractivity contribution in [3.05, 3.63) is 48.4 Å². The number of rotatable bonds is 5. The fourth-order valence-electron chi connectivity index (χ4n) is 3.53. The second-order valence-corrected chi connectivity index (χ2v) is 8.98. The molecule has 34 heavy (non-hydrogen) atoms. The molecule has 0 bridgehead atoms. The summed E-state index contributed by atoms with van der Waals surface area (Å²) in [5, 5.41) is 9.46. The first-order valence-electron chi connectivity index (χ1n) is 10.6. The molecule has 0 spiro atoms. The van der Waals surface area contributed by atoms with Gasteiger partial charge in [0.15, 0.2) is 5.82 Å². The Hall–Kier alpha value is -3.77. The van der Waals surface area contributed by atoms with Gasteiger partial charge < -0.3 is 20.3 Å². The molecule has 1 fully saturated rings. The number of carbonyl (C=O) groups excluding carboxylic acids is 1. The van der Waals surface area contributed by atoms with Crippen LogP contribution in [0.2, 0.25) is 0 Å².